The Balaban J connectivity index is 0.000000469. The highest BCUT2D eigenvalue weighted by Crippen LogP contribution is 2.23. The number of benzene rings is 2. The first kappa shape index (κ1) is 23.9. The van der Waals surface area contributed by atoms with Crippen LogP contribution in [0.15, 0.2) is 54.6 Å². The molecule has 1 fully saturated rings. The number of carboxylic acid groups (broad SMARTS) is 2. The van der Waals surface area contributed by atoms with Gasteiger partial charge in [-0.15, -0.1) is 0 Å². The lowest BCUT2D eigenvalue weighted by Gasteiger charge is -2.34. The van der Waals surface area contributed by atoms with Gasteiger partial charge in [0.15, 0.2) is 0 Å². The number of halogens is 2. The van der Waals surface area contributed by atoms with E-state index in [9.17, 15) is 0 Å². The van der Waals surface area contributed by atoms with Crippen LogP contribution in [0.4, 0.5) is 0 Å². The van der Waals surface area contributed by atoms with E-state index in [2.05, 4.69) is 52.3 Å². The molecule has 0 unspecified atom stereocenters. The largest absolute Gasteiger partial charge is 0.473 e. The van der Waals surface area contributed by atoms with Crippen LogP contribution >= 0.6 is 23.2 Å². The van der Waals surface area contributed by atoms with Crippen molar-refractivity contribution in [3.63, 3.8) is 0 Å². The van der Waals surface area contributed by atoms with E-state index < -0.39 is 11.9 Å². The summed E-state index contributed by atoms with van der Waals surface area (Å²) >= 11 is 12.1. The molecule has 2 N–H and O–H groups in total. The Kier molecular flexibility index (Phi) is 9.83. The first-order valence-corrected chi connectivity index (χ1v) is 10.2. The van der Waals surface area contributed by atoms with Crippen LogP contribution in [0.5, 0.6) is 0 Å². The van der Waals surface area contributed by atoms with Gasteiger partial charge in [-0.05, 0) is 23.3 Å². The molecule has 3 rings (SSSR count). The van der Waals surface area contributed by atoms with E-state index >= 15 is 0 Å². The Hall–Kier alpha value is -2.38. The zero-order valence-corrected chi connectivity index (χ0v) is 17.9. The average molecular weight is 451 g/mol. The number of carboxylic acids is 2. The van der Waals surface area contributed by atoms with Crippen molar-refractivity contribution >= 4 is 41.2 Å². The summed E-state index contributed by atoms with van der Waals surface area (Å²) in [7, 11) is 0. The van der Waals surface area contributed by atoms with Crippen molar-refractivity contribution < 1.29 is 19.8 Å². The monoisotopic (exact) mass is 450 g/mol. The van der Waals surface area contributed by atoms with Gasteiger partial charge in [0.25, 0.3) is 0 Å². The molecule has 0 saturated carbocycles. The fourth-order valence-electron chi connectivity index (χ4n) is 2.93. The van der Waals surface area contributed by atoms with E-state index in [4.69, 9.17) is 43.0 Å². The van der Waals surface area contributed by atoms with Gasteiger partial charge in [-0.1, -0.05) is 71.8 Å². The summed E-state index contributed by atoms with van der Waals surface area (Å²) in [5, 5.41) is 16.0. The predicted octanol–water partition coefficient (Wildman–Crippen LogP) is 3.98. The van der Waals surface area contributed by atoms with Crippen LogP contribution in [-0.2, 0) is 16.1 Å². The van der Waals surface area contributed by atoms with Crippen molar-refractivity contribution in [2.24, 2.45) is 0 Å². The molecule has 6 nitrogen and oxygen atoms in total. The molecule has 1 aliphatic heterocycles. The third-order valence-electron chi connectivity index (χ3n) is 4.51. The number of aliphatic carboxylic acids is 2. The third kappa shape index (κ3) is 8.55. The Morgan fingerprint density at radius 1 is 0.867 bits per heavy atom. The Morgan fingerprint density at radius 2 is 1.47 bits per heavy atom. The first-order chi connectivity index (χ1) is 14.3. The van der Waals surface area contributed by atoms with Crippen LogP contribution in [0.3, 0.4) is 0 Å². The molecule has 0 spiro atoms. The lowest BCUT2D eigenvalue weighted by molar-refractivity contribution is -0.159. The van der Waals surface area contributed by atoms with Gasteiger partial charge in [0, 0.05) is 39.3 Å². The van der Waals surface area contributed by atoms with Gasteiger partial charge in [-0.25, -0.2) is 9.59 Å². The molecule has 0 atom stereocenters. The zero-order valence-electron chi connectivity index (χ0n) is 16.4. The summed E-state index contributed by atoms with van der Waals surface area (Å²) in [6.07, 6.45) is 4.45. The van der Waals surface area contributed by atoms with Crippen molar-refractivity contribution in [1.29, 1.82) is 0 Å². The maximum Gasteiger partial charge on any atom is 0.414 e. The standard InChI is InChI=1S/C20H22Cl2N2.C2H2O4/c21-19-9-8-18(15-20(19)22)16-24-13-11-23(12-14-24)10-4-7-17-5-2-1-3-6-17;3-1(4)2(5)6/h1-9,15H,10-14,16H2;(H,3,4)(H,5,6). The minimum atomic E-state index is -1.82. The number of hydrogen-bond acceptors (Lipinski definition) is 4. The van der Waals surface area contributed by atoms with Gasteiger partial charge < -0.3 is 10.2 Å². The Bertz CT molecular complexity index is 855. The zero-order chi connectivity index (χ0) is 21.9. The second-order valence-electron chi connectivity index (χ2n) is 6.75. The van der Waals surface area contributed by atoms with Gasteiger partial charge in [-0.2, -0.15) is 0 Å². The maximum atomic E-state index is 9.10. The molecule has 1 saturated heterocycles. The topological polar surface area (TPSA) is 81.1 Å². The van der Waals surface area contributed by atoms with Crippen LogP contribution in [0.2, 0.25) is 10.0 Å². The fraction of sp³-hybridized carbons (Fsp3) is 0.273. The molecule has 2 aromatic rings. The maximum absolute atomic E-state index is 9.10. The summed E-state index contributed by atoms with van der Waals surface area (Å²) in [4.78, 5) is 23.2. The van der Waals surface area contributed by atoms with Gasteiger partial charge in [0.2, 0.25) is 0 Å². The van der Waals surface area contributed by atoms with Gasteiger partial charge in [0.1, 0.15) is 0 Å². The second kappa shape index (κ2) is 12.3. The molecule has 0 amide bonds. The van der Waals surface area contributed by atoms with E-state index in [0.717, 1.165) is 39.3 Å². The van der Waals surface area contributed by atoms with E-state index in [1.807, 2.05) is 18.2 Å². The quantitative estimate of drug-likeness (QED) is 0.670. The molecule has 1 aliphatic rings. The molecule has 8 heteroatoms. The van der Waals surface area contributed by atoms with Crippen LogP contribution in [-0.4, -0.2) is 64.7 Å². The normalized spacial score (nSPS) is 14.9. The second-order valence-corrected chi connectivity index (χ2v) is 7.56. The fourth-order valence-corrected chi connectivity index (χ4v) is 3.25. The number of carbonyl (C=O) groups is 2. The SMILES string of the molecule is Clc1ccc(CN2CCN(CC=Cc3ccccc3)CC2)cc1Cl.O=C(O)C(=O)O. The first-order valence-electron chi connectivity index (χ1n) is 9.41. The molecule has 0 aromatic heterocycles. The minimum absolute atomic E-state index is 0.621. The van der Waals surface area contributed by atoms with Gasteiger partial charge in [-0.3, -0.25) is 9.80 Å². The van der Waals surface area contributed by atoms with Crippen molar-refractivity contribution in [3.8, 4) is 0 Å². The number of rotatable bonds is 5. The van der Waals surface area contributed by atoms with Crippen LogP contribution in [0, 0.1) is 0 Å². The lowest BCUT2D eigenvalue weighted by atomic mass is 10.2. The van der Waals surface area contributed by atoms with Crippen LogP contribution in [0.25, 0.3) is 6.08 Å². The molecule has 160 valence electrons. The summed E-state index contributed by atoms with van der Waals surface area (Å²) in [6.45, 7) is 6.31. The lowest BCUT2D eigenvalue weighted by Crippen LogP contribution is -2.45. The molecule has 0 bridgehead atoms. The molecule has 0 aliphatic carbocycles. The van der Waals surface area contributed by atoms with E-state index in [-0.39, 0.29) is 0 Å². The smallest absolute Gasteiger partial charge is 0.414 e. The number of hydrogen-bond donors (Lipinski definition) is 2. The molecular weight excluding hydrogens is 427 g/mol. The average Bonchev–Trinajstić information content (AvgIpc) is 2.73. The van der Waals surface area contributed by atoms with E-state index in [0.29, 0.717) is 10.0 Å². The summed E-state index contributed by atoms with van der Waals surface area (Å²) < 4.78 is 0. The van der Waals surface area contributed by atoms with Crippen LogP contribution in [0.1, 0.15) is 11.1 Å². The summed E-state index contributed by atoms with van der Waals surface area (Å²) in [5.41, 5.74) is 2.48. The third-order valence-corrected chi connectivity index (χ3v) is 5.25. The van der Waals surface area contributed by atoms with Gasteiger partial charge in [0.05, 0.1) is 10.0 Å². The Labute approximate surface area is 185 Å². The predicted molar refractivity (Wildman–Crippen MR) is 119 cm³/mol. The van der Waals surface area contributed by atoms with E-state index in [1.54, 1.807) is 0 Å². The van der Waals surface area contributed by atoms with Crippen molar-refractivity contribution in [3.05, 3.63) is 75.8 Å². The molecule has 1 heterocycles. The number of piperazine rings is 1. The summed E-state index contributed by atoms with van der Waals surface area (Å²) in [5.74, 6) is -3.65. The highest BCUT2D eigenvalue weighted by Gasteiger charge is 2.16. The van der Waals surface area contributed by atoms with E-state index in [1.165, 1.54) is 11.1 Å². The highest BCUT2D eigenvalue weighted by molar-refractivity contribution is 6.42. The number of nitrogens with zero attached hydrogens (tertiary/aromatic N) is 2. The minimum Gasteiger partial charge on any atom is -0.473 e. The molecule has 0 radical (unpaired) electrons. The highest BCUT2D eigenvalue weighted by atomic mass is 35.5. The van der Waals surface area contributed by atoms with Crippen molar-refractivity contribution in [2.45, 2.75) is 6.54 Å². The molecule has 2 aromatic carbocycles. The molecule has 30 heavy (non-hydrogen) atoms. The van der Waals surface area contributed by atoms with Crippen LogP contribution < -0.4 is 0 Å². The van der Waals surface area contributed by atoms with Crippen molar-refractivity contribution in [1.82, 2.24) is 9.80 Å². The summed E-state index contributed by atoms with van der Waals surface area (Å²) in [6, 6.07) is 16.4. The van der Waals surface area contributed by atoms with Gasteiger partial charge >= 0.3 is 11.9 Å². The van der Waals surface area contributed by atoms with Crippen molar-refractivity contribution in [2.75, 3.05) is 32.7 Å². The Morgan fingerprint density at radius 3 is 2.03 bits per heavy atom. The molecular formula is C22H24Cl2N2O4.